The van der Waals surface area contributed by atoms with E-state index in [0.717, 1.165) is 0 Å². The maximum atomic E-state index is 12.5. The van der Waals surface area contributed by atoms with Gasteiger partial charge in [0.05, 0.1) is 7.11 Å². The first-order chi connectivity index (χ1) is 6.63. The standard InChI is InChI=1S/C10H12FNO2/c1-7(10(13)14-2)12-9-5-3-8(11)4-6-9/h3-7,12H,1-2H3/t7-/m0/s1. The Bertz CT molecular complexity index is 310. The third-order valence-electron chi connectivity index (χ3n) is 1.78. The molecule has 4 heteroatoms. The number of hydrogen-bond acceptors (Lipinski definition) is 3. The molecule has 3 nitrogen and oxygen atoms in total. The second-order valence-corrected chi connectivity index (χ2v) is 2.90. The van der Waals surface area contributed by atoms with Gasteiger partial charge in [-0.1, -0.05) is 0 Å². The van der Waals surface area contributed by atoms with Gasteiger partial charge in [0.2, 0.25) is 0 Å². The zero-order valence-electron chi connectivity index (χ0n) is 8.08. The number of carbonyl (C=O) groups excluding carboxylic acids is 1. The van der Waals surface area contributed by atoms with Crippen LogP contribution in [0.5, 0.6) is 0 Å². The molecule has 0 aliphatic carbocycles. The van der Waals surface area contributed by atoms with Crippen LogP contribution in [0.2, 0.25) is 0 Å². The molecule has 0 aromatic heterocycles. The van der Waals surface area contributed by atoms with Crippen molar-refractivity contribution in [2.45, 2.75) is 13.0 Å². The van der Waals surface area contributed by atoms with E-state index in [-0.39, 0.29) is 11.8 Å². The maximum absolute atomic E-state index is 12.5. The molecular weight excluding hydrogens is 185 g/mol. The molecule has 1 atom stereocenters. The summed E-state index contributed by atoms with van der Waals surface area (Å²) in [6.07, 6.45) is 0. The van der Waals surface area contributed by atoms with Gasteiger partial charge in [-0.2, -0.15) is 0 Å². The van der Waals surface area contributed by atoms with Gasteiger partial charge in [0.1, 0.15) is 11.9 Å². The van der Waals surface area contributed by atoms with E-state index in [0.29, 0.717) is 5.69 Å². The Morgan fingerprint density at radius 3 is 2.50 bits per heavy atom. The summed E-state index contributed by atoms with van der Waals surface area (Å²) in [6, 6.07) is 5.34. The van der Waals surface area contributed by atoms with E-state index in [1.165, 1.54) is 19.2 Å². The normalized spacial score (nSPS) is 11.9. The van der Waals surface area contributed by atoms with Crippen LogP contribution in [0.3, 0.4) is 0 Å². The van der Waals surface area contributed by atoms with Gasteiger partial charge in [-0.25, -0.2) is 9.18 Å². The molecule has 0 saturated carbocycles. The first-order valence-corrected chi connectivity index (χ1v) is 4.23. The lowest BCUT2D eigenvalue weighted by molar-refractivity contribution is -0.141. The minimum Gasteiger partial charge on any atom is -0.467 e. The van der Waals surface area contributed by atoms with E-state index in [1.54, 1.807) is 19.1 Å². The summed E-state index contributed by atoms with van der Waals surface area (Å²) in [5.41, 5.74) is 0.685. The summed E-state index contributed by atoms with van der Waals surface area (Å²) < 4.78 is 17.1. The molecule has 1 rings (SSSR count). The van der Waals surface area contributed by atoms with Crippen LogP contribution >= 0.6 is 0 Å². The van der Waals surface area contributed by atoms with Crippen molar-refractivity contribution in [3.63, 3.8) is 0 Å². The summed E-state index contributed by atoms with van der Waals surface area (Å²) in [5.74, 6) is -0.657. The van der Waals surface area contributed by atoms with Crippen LogP contribution in [0.4, 0.5) is 10.1 Å². The van der Waals surface area contributed by atoms with Crippen molar-refractivity contribution in [1.29, 1.82) is 0 Å². The molecule has 0 unspecified atom stereocenters. The molecule has 0 amide bonds. The van der Waals surface area contributed by atoms with Crippen molar-refractivity contribution in [1.82, 2.24) is 0 Å². The Balaban J connectivity index is 2.60. The van der Waals surface area contributed by atoms with Crippen LogP contribution in [0.15, 0.2) is 24.3 Å². The van der Waals surface area contributed by atoms with Gasteiger partial charge < -0.3 is 10.1 Å². The highest BCUT2D eigenvalue weighted by Gasteiger charge is 2.11. The third kappa shape index (κ3) is 2.73. The second-order valence-electron chi connectivity index (χ2n) is 2.90. The van der Waals surface area contributed by atoms with Crippen LogP contribution in [-0.4, -0.2) is 19.1 Å². The lowest BCUT2D eigenvalue weighted by atomic mass is 10.2. The van der Waals surface area contributed by atoms with E-state index in [2.05, 4.69) is 10.1 Å². The minimum absolute atomic E-state index is 0.304. The zero-order chi connectivity index (χ0) is 10.6. The molecular formula is C10H12FNO2. The second kappa shape index (κ2) is 4.60. The van der Waals surface area contributed by atoms with Gasteiger partial charge in [-0.05, 0) is 31.2 Å². The number of ether oxygens (including phenoxy) is 1. The predicted molar refractivity (Wildman–Crippen MR) is 51.5 cm³/mol. The fraction of sp³-hybridized carbons (Fsp3) is 0.300. The summed E-state index contributed by atoms with van der Waals surface area (Å²) >= 11 is 0. The third-order valence-corrected chi connectivity index (χ3v) is 1.78. The van der Waals surface area contributed by atoms with Crippen LogP contribution in [0.25, 0.3) is 0 Å². The molecule has 0 aliphatic heterocycles. The first-order valence-electron chi connectivity index (χ1n) is 4.23. The van der Waals surface area contributed by atoms with Crippen molar-refractivity contribution < 1.29 is 13.9 Å². The topological polar surface area (TPSA) is 38.3 Å². The lowest BCUT2D eigenvalue weighted by Crippen LogP contribution is -2.27. The summed E-state index contributed by atoms with van der Waals surface area (Å²) in [6.45, 7) is 1.68. The predicted octanol–water partition coefficient (Wildman–Crippen LogP) is 1.80. The van der Waals surface area contributed by atoms with E-state index in [1.807, 2.05) is 0 Å². The number of esters is 1. The number of halogens is 1. The summed E-state index contributed by atoms with van der Waals surface area (Å²) in [7, 11) is 1.32. The van der Waals surface area contributed by atoms with Crippen molar-refractivity contribution in [3.05, 3.63) is 30.1 Å². The number of hydrogen-bond donors (Lipinski definition) is 1. The molecule has 0 radical (unpaired) electrons. The number of nitrogens with one attached hydrogen (secondary N) is 1. The van der Waals surface area contributed by atoms with Crippen molar-refractivity contribution >= 4 is 11.7 Å². The minimum atomic E-state index is -0.439. The molecule has 0 heterocycles. The summed E-state index contributed by atoms with van der Waals surface area (Å²) in [5, 5.41) is 2.88. The van der Waals surface area contributed by atoms with Gasteiger partial charge in [0.15, 0.2) is 0 Å². The van der Waals surface area contributed by atoms with E-state index in [9.17, 15) is 9.18 Å². The molecule has 1 N–H and O–H groups in total. The quantitative estimate of drug-likeness (QED) is 0.751. The fourth-order valence-corrected chi connectivity index (χ4v) is 1.03. The van der Waals surface area contributed by atoms with Crippen LogP contribution in [-0.2, 0) is 9.53 Å². The average molecular weight is 197 g/mol. The molecule has 0 bridgehead atoms. The molecule has 14 heavy (non-hydrogen) atoms. The number of carbonyl (C=O) groups is 1. The summed E-state index contributed by atoms with van der Waals surface area (Å²) in [4.78, 5) is 11.0. The molecule has 1 aromatic carbocycles. The van der Waals surface area contributed by atoms with Gasteiger partial charge >= 0.3 is 5.97 Å². The Kier molecular flexibility index (Phi) is 3.45. The average Bonchev–Trinajstić information content (AvgIpc) is 2.20. The molecule has 76 valence electrons. The first kappa shape index (κ1) is 10.5. The van der Waals surface area contributed by atoms with Crippen molar-refractivity contribution in [3.8, 4) is 0 Å². The lowest BCUT2D eigenvalue weighted by Gasteiger charge is -2.12. The Labute approximate surface area is 81.9 Å². The molecule has 0 fully saturated rings. The highest BCUT2D eigenvalue weighted by molar-refractivity contribution is 5.78. The fourth-order valence-electron chi connectivity index (χ4n) is 1.03. The monoisotopic (exact) mass is 197 g/mol. The van der Waals surface area contributed by atoms with Crippen LogP contribution in [0, 0.1) is 5.82 Å². The smallest absolute Gasteiger partial charge is 0.327 e. The van der Waals surface area contributed by atoms with Crippen molar-refractivity contribution in [2.75, 3.05) is 12.4 Å². The molecule has 0 saturated heterocycles. The van der Waals surface area contributed by atoms with Gasteiger partial charge in [0.25, 0.3) is 0 Å². The Morgan fingerprint density at radius 2 is 2.00 bits per heavy atom. The van der Waals surface area contributed by atoms with E-state index >= 15 is 0 Å². The van der Waals surface area contributed by atoms with Gasteiger partial charge in [-0.3, -0.25) is 0 Å². The van der Waals surface area contributed by atoms with Gasteiger partial charge in [-0.15, -0.1) is 0 Å². The molecule has 0 spiro atoms. The van der Waals surface area contributed by atoms with E-state index < -0.39 is 6.04 Å². The number of benzene rings is 1. The van der Waals surface area contributed by atoms with E-state index in [4.69, 9.17) is 0 Å². The SMILES string of the molecule is COC(=O)[C@H](C)Nc1ccc(F)cc1. The van der Waals surface area contributed by atoms with Crippen LogP contribution < -0.4 is 5.32 Å². The number of methoxy groups -OCH3 is 1. The number of rotatable bonds is 3. The van der Waals surface area contributed by atoms with Crippen molar-refractivity contribution in [2.24, 2.45) is 0 Å². The highest BCUT2D eigenvalue weighted by atomic mass is 19.1. The highest BCUT2D eigenvalue weighted by Crippen LogP contribution is 2.09. The Hall–Kier alpha value is -1.58. The van der Waals surface area contributed by atoms with Crippen LogP contribution in [0.1, 0.15) is 6.92 Å². The number of anilines is 1. The zero-order valence-corrected chi connectivity index (χ0v) is 8.08. The maximum Gasteiger partial charge on any atom is 0.327 e. The Morgan fingerprint density at radius 1 is 1.43 bits per heavy atom. The molecule has 1 aromatic rings. The largest absolute Gasteiger partial charge is 0.467 e. The molecule has 0 aliphatic rings. The van der Waals surface area contributed by atoms with Gasteiger partial charge in [0, 0.05) is 5.69 Å².